The van der Waals surface area contributed by atoms with Crippen LogP contribution in [0.5, 0.6) is 0 Å². The Balaban J connectivity index is 1.62. The van der Waals surface area contributed by atoms with E-state index < -0.39 is 0 Å². The summed E-state index contributed by atoms with van der Waals surface area (Å²) in [5.41, 5.74) is 4.14. The van der Waals surface area contributed by atoms with Crippen molar-refractivity contribution in [1.29, 1.82) is 0 Å². The highest BCUT2D eigenvalue weighted by molar-refractivity contribution is 6.36. The molecule has 0 aliphatic carbocycles. The Kier molecular flexibility index (Phi) is 6.17. The van der Waals surface area contributed by atoms with Gasteiger partial charge in [0, 0.05) is 12.2 Å². The molecule has 0 radical (unpaired) electrons. The Hall–Kier alpha value is -3.73. The number of imide groups is 1. The molecule has 0 unspecified atom stereocenters. The number of carbonyl (C=O) groups excluding carboxylic acids is 2. The zero-order chi connectivity index (χ0) is 22.7. The maximum atomic E-state index is 13.3. The molecule has 32 heavy (non-hydrogen) atoms. The molecular formula is C27H25FN2O2. The molecule has 0 spiro atoms. The van der Waals surface area contributed by atoms with E-state index in [2.05, 4.69) is 19.2 Å². The monoisotopic (exact) mass is 428 g/mol. The Bertz CT molecular complexity index is 1150. The summed E-state index contributed by atoms with van der Waals surface area (Å²) in [6.07, 6.45) is 0.455. The fraction of sp³-hybridized carbons (Fsp3) is 0.185. The molecule has 0 saturated heterocycles. The van der Waals surface area contributed by atoms with Gasteiger partial charge < -0.3 is 5.32 Å². The molecule has 1 aliphatic heterocycles. The van der Waals surface area contributed by atoms with Crippen LogP contribution in [-0.4, -0.2) is 23.3 Å². The van der Waals surface area contributed by atoms with Crippen LogP contribution in [0.25, 0.3) is 5.57 Å². The van der Waals surface area contributed by atoms with Crippen molar-refractivity contribution in [1.82, 2.24) is 4.90 Å². The first-order valence-corrected chi connectivity index (χ1v) is 10.7. The molecule has 4 rings (SSSR count). The molecule has 0 saturated carbocycles. The number of carbonyl (C=O) groups is 2. The Labute approximate surface area is 187 Å². The van der Waals surface area contributed by atoms with Gasteiger partial charge in [0.2, 0.25) is 0 Å². The molecule has 5 heteroatoms. The third-order valence-electron chi connectivity index (χ3n) is 5.61. The van der Waals surface area contributed by atoms with Crippen LogP contribution in [0.1, 0.15) is 36.5 Å². The average Bonchev–Trinajstić information content (AvgIpc) is 3.03. The minimum atomic E-state index is -0.357. The lowest BCUT2D eigenvalue weighted by molar-refractivity contribution is -0.136. The number of hydrogen-bond donors (Lipinski definition) is 1. The van der Waals surface area contributed by atoms with Crippen LogP contribution in [-0.2, 0) is 16.0 Å². The average molecular weight is 429 g/mol. The van der Waals surface area contributed by atoms with Crippen LogP contribution in [0.4, 0.5) is 10.1 Å². The zero-order valence-electron chi connectivity index (χ0n) is 18.1. The summed E-state index contributed by atoms with van der Waals surface area (Å²) in [4.78, 5) is 27.8. The molecule has 2 amide bonds. The Morgan fingerprint density at radius 2 is 1.50 bits per heavy atom. The maximum Gasteiger partial charge on any atom is 0.278 e. The third kappa shape index (κ3) is 4.47. The smallest absolute Gasteiger partial charge is 0.278 e. The Morgan fingerprint density at radius 3 is 2.12 bits per heavy atom. The fourth-order valence-corrected chi connectivity index (χ4v) is 3.76. The van der Waals surface area contributed by atoms with E-state index in [1.807, 2.05) is 54.6 Å². The van der Waals surface area contributed by atoms with Crippen LogP contribution in [0.2, 0.25) is 0 Å². The van der Waals surface area contributed by atoms with Crippen molar-refractivity contribution < 1.29 is 14.0 Å². The second kappa shape index (κ2) is 9.18. The van der Waals surface area contributed by atoms with E-state index in [4.69, 9.17) is 0 Å². The topological polar surface area (TPSA) is 49.4 Å². The number of benzene rings is 3. The van der Waals surface area contributed by atoms with Gasteiger partial charge in [-0.2, -0.15) is 0 Å². The third-order valence-corrected chi connectivity index (χ3v) is 5.61. The quantitative estimate of drug-likeness (QED) is 0.514. The first-order valence-electron chi connectivity index (χ1n) is 10.7. The van der Waals surface area contributed by atoms with Crippen molar-refractivity contribution in [3.63, 3.8) is 0 Å². The number of amides is 2. The minimum absolute atomic E-state index is 0.219. The van der Waals surface area contributed by atoms with E-state index in [-0.39, 0.29) is 29.9 Å². The van der Waals surface area contributed by atoms with E-state index in [1.165, 1.54) is 22.6 Å². The molecule has 1 N–H and O–H groups in total. The number of nitrogens with one attached hydrogen (secondary N) is 1. The van der Waals surface area contributed by atoms with Crippen molar-refractivity contribution in [2.24, 2.45) is 0 Å². The standard InChI is InChI=1S/C27H25FN2O2/c1-18(2)20-10-14-23(15-11-20)29-25-24(21-6-4-3-5-7-21)26(31)30(27(25)32)17-16-19-8-12-22(28)13-9-19/h3-15,18,29H,16-17H2,1-2H3. The predicted molar refractivity (Wildman–Crippen MR) is 124 cm³/mol. The molecule has 3 aromatic rings. The number of hydrogen-bond acceptors (Lipinski definition) is 3. The highest BCUT2D eigenvalue weighted by Gasteiger charge is 2.38. The summed E-state index contributed by atoms with van der Waals surface area (Å²) in [6, 6.07) is 23.2. The predicted octanol–water partition coefficient (Wildman–Crippen LogP) is 5.38. The van der Waals surface area contributed by atoms with Crippen LogP contribution < -0.4 is 5.32 Å². The lowest BCUT2D eigenvalue weighted by atomic mass is 10.0. The van der Waals surface area contributed by atoms with Gasteiger partial charge in [0.05, 0.1) is 5.57 Å². The van der Waals surface area contributed by atoms with Crippen LogP contribution in [0, 0.1) is 5.82 Å². The summed E-state index contributed by atoms with van der Waals surface area (Å²) in [5, 5.41) is 3.19. The largest absolute Gasteiger partial charge is 0.350 e. The van der Waals surface area contributed by atoms with Crippen LogP contribution in [0.3, 0.4) is 0 Å². The molecule has 162 valence electrons. The molecule has 0 atom stereocenters. The van der Waals surface area contributed by atoms with Gasteiger partial charge in [-0.3, -0.25) is 14.5 Å². The number of rotatable bonds is 7. The van der Waals surface area contributed by atoms with Gasteiger partial charge in [-0.25, -0.2) is 4.39 Å². The molecular weight excluding hydrogens is 403 g/mol. The first-order chi connectivity index (χ1) is 15.4. The van der Waals surface area contributed by atoms with Crippen LogP contribution >= 0.6 is 0 Å². The summed E-state index contributed by atoms with van der Waals surface area (Å²) in [5.74, 6) is -0.599. The van der Waals surface area contributed by atoms with Gasteiger partial charge in [-0.05, 0) is 53.3 Å². The molecule has 3 aromatic carbocycles. The summed E-state index contributed by atoms with van der Waals surface area (Å²) in [7, 11) is 0. The van der Waals surface area contributed by atoms with Crippen molar-refractivity contribution >= 4 is 23.1 Å². The Morgan fingerprint density at radius 1 is 0.844 bits per heavy atom. The summed E-state index contributed by atoms with van der Waals surface area (Å²) < 4.78 is 13.2. The van der Waals surface area contributed by atoms with Crippen molar-refractivity contribution in [2.75, 3.05) is 11.9 Å². The van der Waals surface area contributed by atoms with E-state index in [0.29, 0.717) is 23.5 Å². The normalized spacial score (nSPS) is 13.9. The molecule has 1 aliphatic rings. The SMILES string of the molecule is CC(C)c1ccc(NC2=C(c3ccccc3)C(=O)N(CCc3ccc(F)cc3)C2=O)cc1. The molecule has 4 nitrogen and oxygen atoms in total. The highest BCUT2D eigenvalue weighted by Crippen LogP contribution is 2.31. The summed E-state index contributed by atoms with van der Waals surface area (Å²) >= 11 is 0. The van der Waals surface area contributed by atoms with E-state index in [0.717, 1.165) is 11.3 Å². The number of halogens is 1. The van der Waals surface area contributed by atoms with E-state index >= 15 is 0 Å². The highest BCUT2D eigenvalue weighted by atomic mass is 19.1. The van der Waals surface area contributed by atoms with Gasteiger partial charge in [-0.15, -0.1) is 0 Å². The number of nitrogens with zero attached hydrogens (tertiary/aromatic N) is 1. The second-order valence-electron chi connectivity index (χ2n) is 8.16. The van der Waals surface area contributed by atoms with E-state index in [1.54, 1.807) is 12.1 Å². The lowest BCUT2D eigenvalue weighted by Gasteiger charge is -2.15. The van der Waals surface area contributed by atoms with Gasteiger partial charge in [-0.1, -0.05) is 68.4 Å². The van der Waals surface area contributed by atoms with E-state index in [9.17, 15) is 14.0 Å². The van der Waals surface area contributed by atoms with Gasteiger partial charge in [0.25, 0.3) is 11.8 Å². The number of anilines is 1. The maximum absolute atomic E-state index is 13.3. The summed E-state index contributed by atoms with van der Waals surface area (Å²) in [6.45, 7) is 4.46. The fourth-order valence-electron chi connectivity index (χ4n) is 3.76. The van der Waals surface area contributed by atoms with Gasteiger partial charge in [0.15, 0.2) is 0 Å². The van der Waals surface area contributed by atoms with Crippen molar-refractivity contribution in [3.8, 4) is 0 Å². The first kappa shape index (κ1) is 21.5. The molecule has 0 aromatic heterocycles. The van der Waals surface area contributed by atoms with Gasteiger partial charge >= 0.3 is 0 Å². The molecule has 1 heterocycles. The van der Waals surface area contributed by atoms with Crippen molar-refractivity contribution in [2.45, 2.75) is 26.2 Å². The zero-order valence-corrected chi connectivity index (χ0v) is 18.1. The van der Waals surface area contributed by atoms with Gasteiger partial charge in [0.1, 0.15) is 11.5 Å². The molecule has 0 bridgehead atoms. The van der Waals surface area contributed by atoms with Crippen LogP contribution in [0.15, 0.2) is 84.6 Å². The molecule has 0 fully saturated rings. The van der Waals surface area contributed by atoms with Crippen molar-refractivity contribution in [3.05, 3.63) is 107 Å². The second-order valence-corrected chi connectivity index (χ2v) is 8.16. The minimum Gasteiger partial charge on any atom is -0.350 e. The lowest BCUT2D eigenvalue weighted by Crippen LogP contribution is -2.34.